The summed E-state index contributed by atoms with van der Waals surface area (Å²) < 4.78 is 0. The summed E-state index contributed by atoms with van der Waals surface area (Å²) in [5.41, 5.74) is 2.21. The van der Waals surface area contributed by atoms with Gasteiger partial charge < -0.3 is 4.90 Å². The first-order valence-corrected chi connectivity index (χ1v) is 7.36. The Morgan fingerprint density at radius 2 is 1.83 bits per heavy atom. The molecule has 0 aromatic heterocycles. The van der Waals surface area contributed by atoms with Crippen LogP contribution >= 0.6 is 23.2 Å². The van der Waals surface area contributed by atoms with Crippen LogP contribution in [0, 0.1) is 0 Å². The quantitative estimate of drug-likeness (QED) is 0.784. The van der Waals surface area contributed by atoms with Gasteiger partial charge in [0.1, 0.15) is 0 Å². The van der Waals surface area contributed by atoms with Crippen molar-refractivity contribution in [3.8, 4) is 0 Å². The molecule has 18 heavy (non-hydrogen) atoms. The van der Waals surface area contributed by atoms with Gasteiger partial charge >= 0.3 is 0 Å². The molecular weight excluding hydrogens is 267 g/mol. The van der Waals surface area contributed by atoms with Crippen molar-refractivity contribution in [3.63, 3.8) is 0 Å². The first-order valence-electron chi connectivity index (χ1n) is 6.45. The number of hydrogen-bond donors (Lipinski definition) is 0. The second kappa shape index (κ2) is 6.14. The van der Waals surface area contributed by atoms with Crippen LogP contribution in [0.4, 0.5) is 5.69 Å². The van der Waals surface area contributed by atoms with Gasteiger partial charge in [-0.25, -0.2) is 0 Å². The van der Waals surface area contributed by atoms with Crippen LogP contribution in [0.2, 0.25) is 5.02 Å². The second-order valence-electron chi connectivity index (χ2n) is 5.04. The fourth-order valence-corrected chi connectivity index (χ4v) is 2.86. The molecule has 0 saturated carbocycles. The van der Waals surface area contributed by atoms with E-state index in [0.29, 0.717) is 11.9 Å². The molecule has 1 saturated heterocycles. The molecule has 0 N–H and O–H groups in total. The van der Waals surface area contributed by atoms with Gasteiger partial charge in [-0.2, -0.15) is 0 Å². The normalized spacial score (nSPS) is 17.5. The molecule has 0 spiro atoms. The summed E-state index contributed by atoms with van der Waals surface area (Å²) in [6.45, 7) is 8.78. The maximum absolute atomic E-state index is 6.33. The number of alkyl halides is 1. The molecule has 0 unspecified atom stereocenters. The molecule has 1 heterocycles. The zero-order chi connectivity index (χ0) is 13.1. The number of halogens is 2. The zero-order valence-electron chi connectivity index (χ0n) is 11.0. The Labute approximate surface area is 119 Å². The van der Waals surface area contributed by atoms with Crippen LogP contribution in [0.1, 0.15) is 19.4 Å². The molecule has 1 aliphatic rings. The SMILES string of the molecule is CC(C)N1CCN(c2ccc(CCl)cc2Cl)CC1. The van der Waals surface area contributed by atoms with Gasteiger partial charge in [0.2, 0.25) is 0 Å². The molecule has 1 fully saturated rings. The third-order valence-corrected chi connectivity index (χ3v) is 4.16. The Morgan fingerprint density at radius 1 is 1.17 bits per heavy atom. The van der Waals surface area contributed by atoms with E-state index in [4.69, 9.17) is 23.2 Å². The minimum Gasteiger partial charge on any atom is -0.368 e. The summed E-state index contributed by atoms with van der Waals surface area (Å²) in [6.07, 6.45) is 0. The van der Waals surface area contributed by atoms with Crippen LogP contribution in [0.25, 0.3) is 0 Å². The van der Waals surface area contributed by atoms with E-state index < -0.39 is 0 Å². The average Bonchev–Trinajstić information content (AvgIpc) is 2.38. The Kier molecular flexibility index (Phi) is 4.77. The van der Waals surface area contributed by atoms with Gasteiger partial charge in [0.05, 0.1) is 10.7 Å². The van der Waals surface area contributed by atoms with Crippen molar-refractivity contribution in [2.45, 2.75) is 25.8 Å². The highest BCUT2D eigenvalue weighted by Gasteiger charge is 2.20. The van der Waals surface area contributed by atoms with Crippen LogP contribution in [0.15, 0.2) is 18.2 Å². The van der Waals surface area contributed by atoms with E-state index in [1.807, 2.05) is 6.07 Å². The number of rotatable bonds is 3. The lowest BCUT2D eigenvalue weighted by Crippen LogP contribution is -2.49. The maximum Gasteiger partial charge on any atom is 0.0642 e. The monoisotopic (exact) mass is 286 g/mol. The highest BCUT2D eigenvalue weighted by molar-refractivity contribution is 6.33. The van der Waals surface area contributed by atoms with E-state index in [1.165, 1.54) is 0 Å². The summed E-state index contributed by atoms with van der Waals surface area (Å²) in [5.74, 6) is 0.515. The lowest BCUT2D eigenvalue weighted by Gasteiger charge is -2.38. The van der Waals surface area contributed by atoms with Crippen LogP contribution in [0.5, 0.6) is 0 Å². The molecule has 0 aliphatic carbocycles. The molecule has 1 aromatic rings. The molecular formula is C14H20Cl2N2. The molecule has 4 heteroatoms. The number of hydrogen-bond acceptors (Lipinski definition) is 2. The van der Waals surface area contributed by atoms with Crippen LogP contribution < -0.4 is 4.90 Å². The summed E-state index contributed by atoms with van der Waals surface area (Å²) in [4.78, 5) is 4.86. The smallest absolute Gasteiger partial charge is 0.0642 e. The summed E-state index contributed by atoms with van der Waals surface area (Å²) >= 11 is 12.1. The number of nitrogens with zero attached hydrogens (tertiary/aromatic N) is 2. The van der Waals surface area contributed by atoms with Crippen molar-refractivity contribution in [3.05, 3.63) is 28.8 Å². The number of piperazine rings is 1. The topological polar surface area (TPSA) is 6.48 Å². The molecule has 0 radical (unpaired) electrons. The number of benzene rings is 1. The lowest BCUT2D eigenvalue weighted by atomic mass is 10.2. The standard InChI is InChI=1S/C14H20Cl2N2/c1-11(2)17-5-7-18(8-6-17)14-4-3-12(10-15)9-13(14)16/h3-4,9,11H,5-8,10H2,1-2H3. The Balaban J connectivity index is 2.05. The maximum atomic E-state index is 6.33. The minimum absolute atomic E-state index is 0.515. The van der Waals surface area contributed by atoms with Crippen LogP contribution in [-0.4, -0.2) is 37.1 Å². The second-order valence-corrected chi connectivity index (χ2v) is 5.71. The predicted octanol–water partition coefficient (Wildman–Crippen LogP) is 3.61. The number of anilines is 1. The first-order chi connectivity index (χ1) is 8.61. The van der Waals surface area contributed by atoms with Crippen LogP contribution in [-0.2, 0) is 5.88 Å². The van der Waals surface area contributed by atoms with E-state index in [1.54, 1.807) is 0 Å². The molecule has 0 atom stereocenters. The van der Waals surface area contributed by atoms with Crippen LogP contribution in [0.3, 0.4) is 0 Å². The van der Waals surface area contributed by atoms with E-state index in [0.717, 1.165) is 42.5 Å². The zero-order valence-corrected chi connectivity index (χ0v) is 12.5. The Hall–Kier alpha value is -0.440. The summed E-state index contributed by atoms with van der Waals surface area (Å²) in [5, 5.41) is 0.811. The first kappa shape index (κ1) is 14.0. The van der Waals surface area contributed by atoms with Gasteiger partial charge in [0.25, 0.3) is 0 Å². The fraction of sp³-hybridized carbons (Fsp3) is 0.571. The van der Waals surface area contributed by atoms with E-state index in [2.05, 4.69) is 35.8 Å². The highest BCUT2D eigenvalue weighted by atomic mass is 35.5. The third kappa shape index (κ3) is 3.11. The van der Waals surface area contributed by atoms with E-state index in [9.17, 15) is 0 Å². The third-order valence-electron chi connectivity index (χ3n) is 3.55. The minimum atomic E-state index is 0.515. The van der Waals surface area contributed by atoms with E-state index >= 15 is 0 Å². The van der Waals surface area contributed by atoms with Crippen molar-refractivity contribution in [2.24, 2.45) is 0 Å². The molecule has 0 bridgehead atoms. The van der Waals surface area contributed by atoms with Gasteiger partial charge in [0, 0.05) is 38.1 Å². The molecule has 2 nitrogen and oxygen atoms in total. The van der Waals surface area contributed by atoms with Crippen molar-refractivity contribution in [2.75, 3.05) is 31.1 Å². The fourth-order valence-electron chi connectivity index (χ4n) is 2.37. The van der Waals surface area contributed by atoms with Gasteiger partial charge in [-0.05, 0) is 31.5 Å². The Bertz CT molecular complexity index is 399. The molecule has 2 rings (SSSR count). The van der Waals surface area contributed by atoms with Gasteiger partial charge in [0.15, 0.2) is 0 Å². The Morgan fingerprint density at radius 3 is 2.33 bits per heavy atom. The summed E-state index contributed by atoms with van der Waals surface area (Å²) in [6, 6.07) is 6.74. The van der Waals surface area contributed by atoms with Crippen molar-refractivity contribution in [1.29, 1.82) is 0 Å². The van der Waals surface area contributed by atoms with Gasteiger partial charge in [-0.3, -0.25) is 4.90 Å². The average molecular weight is 287 g/mol. The molecule has 100 valence electrons. The van der Waals surface area contributed by atoms with Crippen molar-refractivity contribution < 1.29 is 0 Å². The summed E-state index contributed by atoms with van der Waals surface area (Å²) in [7, 11) is 0. The molecule has 1 aliphatic heterocycles. The molecule has 1 aromatic carbocycles. The highest BCUT2D eigenvalue weighted by Crippen LogP contribution is 2.28. The van der Waals surface area contributed by atoms with Gasteiger partial charge in [-0.15, -0.1) is 11.6 Å². The van der Waals surface area contributed by atoms with E-state index in [-0.39, 0.29) is 0 Å². The molecule has 0 amide bonds. The largest absolute Gasteiger partial charge is 0.368 e. The van der Waals surface area contributed by atoms with Gasteiger partial charge in [-0.1, -0.05) is 17.7 Å². The van der Waals surface area contributed by atoms with Crippen molar-refractivity contribution >= 4 is 28.9 Å². The lowest BCUT2D eigenvalue weighted by molar-refractivity contribution is 0.209. The predicted molar refractivity (Wildman–Crippen MR) is 79.9 cm³/mol. The van der Waals surface area contributed by atoms with Crippen molar-refractivity contribution in [1.82, 2.24) is 4.90 Å².